The summed E-state index contributed by atoms with van der Waals surface area (Å²) in [7, 11) is 1.93. The molecule has 1 N–H and O–H groups in total. The number of anilines is 1. The van der Waals surface area contributed by atoms with E-state index in [1.807, 2.05) is 41.6 Å². The van der Waals surface area contributed by atoms with Gasteiger partial charge in [-0.05, 0) is 33.0 Å². The molecule has 0 aliphatic heterocycles. The number of carbonyl (C=O) groups excluding carboxylic acids is 1. The van der Waals surface area contributed by atoms with Crippen LogP contribution in [0.3, 0.4) is 0 Å². The fraction of sp³-hybridized carbons (Fsp3) is 0.333. The number of likely N-dealkylation sites (N-methyl/N-ethyl adjacent to an activating group) is 1. The molecule has 2 aromatic rings. The van der Waals surface area contributed by atoms with Crippen LogP contribution in [0.4, 0.5) is 5.13 Å². The summed E-state index contributed by atoms with van der Waals surface area (Å²) in [5.74, 6) is -0.0404. The molecule has 1 aromatic carbocycles. The zero-order valence-electron chi connectivity index (χ0n) is 12.3. The normalized spacial score (nSPS) is 11.1. The molecule has 0 aliphatic rings. The molecule has 0 radical (unpaired) electrons. The van der Waals surface area contributed by atoms with Crippen LogP contribution in [0.25, 0.3) is 11.3 Å². The average molecular weight is 368 g/mol. The first kappa shape index (κ1) is 16.1. The second-order valence-corrected chi connectivity index (χ2v) is 6.88. The number of rotatable bonds is 5. The van der Waals surface area contributed by atoms with E-state index in [4.69, 9.17) is 0 Å². The third kappa shape index (κ3) is 4.62. The van der Waals surface area contributed by atoms with Crippen LogP contribution in [0.15, 0.2) is 34.1 Å². The van der Waals surface area contributed by atoms with Crippen LogP contribution in [-0.4, -0.2) is 35.4 Å². The third-order valence-corrected chi connectivity index (χ3v) is 4.40. The van der Waals surface area contributed by atoms with Gasteiger partial charge in [-0.25, -0.2) is 4.98 Å². The Labute approximate surface area is 137 Å². The monoisotopic (exact) mass is 367 g/mol. The van der Waals surface area contributed by atoms with Crippen molar-refractivity contribution in [2.75, 3.05) is 18.9 Å². The van der Waals surface area contributed by atoms with Crippen LogP contribution in [-0.2, 0) is 4.79 Å². The van der Waals surface area contributed by atoms with E-state index in [9.17, 15) is 4.79 Å². The van der Waals surface area contributed by atoms with E-state index in [1.165, 1.54) is 11.3 Å². The minimum Gasteiger partial charge on any atom is -0.301 e. The van der Waals surface area contributed by atoms with Crippen molar-refractivity contribution in [1.82, 2.24) is 9.88 Å². The lowest BCUT2D eigenvalue weighted by atomic mass is 10.2. The summed E-state index contributed by atoms with van der Waals surface area (Å²) in [6.45, 7) is 4.48. The number of benzene rings is 1. The largest absolute Gasteiger partial charge is 0.301 e. The molecular formula is C15H18BrN3OS. The first-order valence-corrected chi connectivity index (χ1v) is 8.34. The second-order valence-electron chi connectivity index (χ2n) is 5.11. The van der Waals surface area contributed by atoms with Crippen molar-refractivity contribution in [2.45, 2.75) is 19.9 Å². The fourth-order valence-corrected chi connectivity index (χ4v) is 2.81. The summed E-state index contributed by atoms with van der Waals surface area (Å²) in [5, 5.41) is 5.43. The van der Waals surface area contributed by atoms with E-state index in [0.717, 1.165) is 15.7 Å². The Bertz CT molecular complexity index is 627. The van der Waals surface area contributed by atoms with E-state index in [2.05, 4.69) is 40.1 Å². The van der Waals surface area contributed by atoms with Gasteiger partial charge in [-0.15, -0.1) is 11.3 Å². The number of halogens is 1. The third-order valence-electron chi connectivity index (χ3n) is 3.15. The van der Waals surface area contributed by atoms with Gasteiger partial charge in [-0.2, -0.15) is 0 Å². The minimum absolute atomic E-state index is 0.0404. The molecular weight excluding hydrogens is 350 g/mol. The van der Waals surface area contributed by atoms with Gasteiger partial charge in [0.15, 0.2) is 5.13 Å². The van der Waals surface area contributed by atoms with Crippen molar-refractivity contribution in [3.05, 3.63) is 34.1 Å². The number of aromatic nitrogens is 1. The van der Waals surface area contributed by atoms with Gasteiger partial charge in [0, 0.05) is 21.5 Å². The maximum absolute atomic E-state index is 11.9. The van der Waals surface area contributed by atoms with Crippen molar-refractivity contribution in [3.63, 3.8) is 0 Å². The zero-order valence-corrected chi connectivity index (χ0v) is 14.7. The fourth-order valence-electron chi connectivity index (χ4n) is 1.68. The molecule has 6 heteroatoms. The van der Waals surface area contributed by atoms with E-state index in [1.54, 1.807) is 0 Å². The van der Waals surface area contributed by atoms with Gasteiger partial charge in [0.05, 0.1) is 12.2 Å². The molecule has 0 atom stereocenters. The maximum atomic E-state index is 11.9. The minimum atomic E-state index is -0.0404. The van der Waals surface area contributed by atoms with Crippen molar-refractivity contribution >= 4 is 38.3 Å². The molecule has 0 saturated heterocycles. The van der Waals surface area contributed by atoms with Crippen LogP contribution < -0.4 is 5.32 Å². The van der Waals surface area contributed by atoms with Gasteiger partial charge in [-0.1, -0.05) is 28.1 Å². The van der Waals surface area contributed by atoms with Gasteiger partial charge < -0.3 is 5.32 Å². The number of nitrogens with one attached hydrogen (secondary N) is 1. The molecule has 0 fully saturated rings. The zero-order chi connectivity index (χ0) is 15.4. The van der Waals surface area contributed by atoms with Crippen LogP contribution in [0.5, 0.6) is 0 Å². The summed E-state index contributed by atoms with van der Waals surface area (Å²) in [5.41, 5.74) is 1.90. The summed E-state index contributed by atoms with van der Waals surface area (Å²) in [6.07, 6.45) is 0. The van der Waals surface area contributed by atoms with Gasteiger partial charge in [0.1, 0.15) is 0 Å². The number of thiazole rings is 1. The summed E-state index contributed by atoms with van der Waals surface area (Å²) in [6, 6.07) is 8.28. The molecule has 1 heterocycles. The van der Waals surface area contributed by atoms with Gasteiger partial charge in [0.25, 0.3) is 0 Å². The molecule has 0 saturated carbocycles. The number of hydrogen-bond acceptors (Lipinski definition) is 4. The Hall–Kier alpha value is -1.24. The molecule has 1 aromatic heterocycles. The first-order valence-electron chi connectivity index (χ1n) is 6.67. The highest BCUT2D eigenvalue weighted by molar-refractivity contribution is 9.10. The predicted molar refractivity (Wildman–Crippen MR) is 91.6 cm³/mol. The molecule has 4 nitrogen and oxygen atoms in total. The molecule has 0 bridgehead atoms. The summed E-state index contributed by atoms with van der Waals surface area (Å²) in [4.78, 5) is 18.4. The molecule has 112 valence electrons. The smallest absolute Gasteiger partial charge is 0.240 e. The number of carbonyl (C=O) groups is 1. The van der Waals surface area contributed by atoms with Crippen LogP contribution in [0, 0.1) is 0 Å². The quantitative estimate of drug-likeness (QED) is 0.872. The van der Waals surface area contributed by atoms with Gasteiger partial charge in [-0.3, -0.25) is 9.69 Å². The van der Waals surface area contributed by atoms with Crippen molar-refractivity contribution in [2.24, 2.45) is 0 Å². The Kier molecular flexibility index (Phi) is 5.50. The first-order chi connectivity index (χ1) is 9.95. The number of nitrogens with zero attached hydrogens (tertiary/aromatic N) is 2. The lowest BCUT2D eigenvalue weighted by molar-refractivity contribution is -0.117. The predicted octanol–water partition coefficient (Wildman–Crippen LogP) is 3.85. The molecule has 21 heavy (non-hydrogen) atoms. The Morgan fingerprint density at radius 2 is 2.24 bits per heavy atom. The van der Waals surface area contributed by atoms with E-state index < -0.39 is 0 Å². The molecule has 0 spiro atoms. The van der Waals surface area contributed by atoms with E-state index in [-0.39, 0.29) is 5.91 Å². The highest BCUT2D eigenvalue weighted by Crippen LogP contribution is 2.26. The van der Waals surface area contributed by atoms with E-state index in [0.29, 0.717) is 17.7 Å². The SMILES string of the molecule is CC(C)N(C)CC(=O)Nc1nc(-c2cccc(Br)c2)cs1. The Morgan fingerprint density at radius 1 is 1.48 bits per heavy atom. The van der Waals surface area contributed by atoms with Gasteiger partial charge in [0.2, 0.25) is 5.91 Å². The lowest BCUT2D eigenvalue weighted by Crippen LogP contribution is -2.34. The number of amides is 1. The Balaban J connectivity index is 2.02. The number of hydrogen-bond donors (Lipinski definition) is 1. The van der Waals surface area contributed by atoms with Crippen molar-refractivity contribution < 1.29 is 4.79 Å². The highest BCUT2D eigenvalue weighted by Gasteiger charge is 2.12. The van der Waals surface area contributed by atoms with Crippen LogP contribution in [0.2, 0.25) is 0 Å². The maximum Gasteiger partial charge on any atom is 0.240 e. The summed E-state index contributed by atoms with van der Waals surface area (Å²) < 4.78 is 1.01. The molecule has 0 aliphatic carbocycles. The highest BCUT2D eigenvalue weighted by atomic mass is 79.9. The summed E-state index contributed by atoms with van der Waals surface area (Å²) >= 11 is 4.88. The second kappa shape index (κ2) is 7.15. The van der Waals surface area contributed by atoms with Crippen molar-refractivity contribution in [1.29, 1.82) is 0 Å². The topological polar surface area (TPSA) is 45.2 Å². The molecule has 2 rings (SSSR count). The van der Waals surface area contributed by atoms with Gasteiger partial charge >= 0.3 is 0 Å². The van der Waals surface area contributed by atoms with Crippen LogP contribution in [0.1, 0.15) is 13.8 Å². The van der Waals surface area contributed by atoms with E-state index >= 15 is 0 Å². The lowest BCUT2D eigenvalue weighted by Gasteiger charge is -2.19. The Morgan fingerprint density at radius 3 is 2.90 bits per heavy atom. The average Bonchev–Trinajstić information content (AvgIpc) is 2.86. The van der Waals surface area contributed by atoms with Crippen molar-refractivity contribution in [3.8, 4) is 11.3 Å². The van der Waals surface area contributed by atoms with Crippen LogP contribution >= 0.6 is 27.3 Å². The molecule has 0 unspecified atom stereocenters. The molecule has 1 amide bonds. The standard InChI is InChI=1S/C15H18BrN3OS/c1-10(2)19(3)8-14(20)18-15-17-13(9-21-15)11-5-4-6-12(16)7-11/h4-7,9-10H,8H2,1-3H3,(H,17,18,20).